The van der Waals surface area contributed by atoms with Gasteiger partial charge in [-0.2, -0.15) is 0 Å². The number of methoxy groups -OCH3 is 1. The molecule has 0 bridgehead atoms. The SMILES string of the molecule is COc1ccc(CCCC(=O)Nc2ccccc2[N+](=O)[O-])cc1C. The minimum Gasteiger partial charge on any atom is -0.496 e. The molecule has 126 valence electrons. The molecule has 0 aromatic heterocycles. The third-order valence-electron chi connectivity index (χ3n) is 3.70. The molecule has 1 amide bonds. The van der Waals surface area contributed by atoms with Crippen LogP contribution in [0, 0.1) is 17.0 Å². The van der Waals surface area contributed by atoms with Crippen LogP contribution in [0.1, 0.15) is 24.0 Å². The Morgan fingerprint density at radius 3 is 2.67 bits per heavy atom. The number of amides is 1. The molecule has 0 unspecified atom stereocenters. The van der Waals surface area contributed by atoms with E-state index in [0.29, 0.717) is 12.8 Å². The van der Waals surface area contributed by atoms with Crippen LogP contribution in [-0.4, -0.2) is 17.9 Å². The lowest BCUT2D eigenvalue weighted by Crippen LogP contribution is -2.12. The van der Waals surface area contributed by atoms with Crippen molar-refractivity contribution in [2.45, 2.75) is 26.2 Å². The van der Waals surface area contributed by atoms with E-state index in [4.69, 9.17) is 4.74 Å². The first kappa shape index (κ1) is 17.5. The third kappa shape index (κ3) is 4.55. The number of nitro groups is 1. The summed E-state index contributed by atoms with van der Waals surface area (Å²) in [5.41, 5.74) is 2.32. The zero-order valence-corrected chi connectivity index (χ0v) is 13.7. The molecular formula is C18H20N2O4. The summed E-state index contributed by atoms with van der Waals surface area (Å²) in [5.74, 6) is 0.613. The van der Waals surface area contributed by atoms with Gasteiger partial charge in [-0.05, 0) is 43.0 Å². The zero-order chi connectivity index (χ0) is 17.5. The molecule has 0 atom stereocenters. The van der Waals surface area contributed by atoms with Crippen molar-refractivity contribution in [2.24, 2.45) is 0 Å². The minimum absolute atomic E-state index is 0.100. The number of hydrogen-bond donors (Lipinski definition) is 1. The van der Waals surface area contributed by atoms with Gasteiger partial charge >= 0.3 is 0 Å². The molecule has 24 heavy (non-hydrogen) atoms. The monoisotopic (exact) mass is 328 g/mol. The molecule has 0 saturated heterocycles. The quantitative estimate of drug-likeness (QED) is 0.618. The molecule has 0 heterocycles. The highest BCUT2D eigenvalue weighted by Crippen LogP contribution is 2.23. The van der Waals surface area contributed by atoms with Crippen LogP contribution in [0.5, 0.6) is 5.75 Å². The second-order valence-corrected chi connectivity index (χ2v) is 5.48. The lowest BCUT2D eigenvalue weighted by atomic mass is 10.0. The van der Waals surface area contributed by atoms with Crippen LogP contribution in [0.2, 0.25) is 0 Å². The number of nitro benzene ring substituents is 1. The van der Waals surface area contributed by atoms with Crippen LogP contribution < -0.4 is 10.1 Å². The second-order valence-electron chi connectivity index (χ2n) is 5.48. The van der Waals surface area contributed by atoms with Crippen molar-refractivity contribution in [1.82, 2.24) is 0 Å². The Labute approximate surface area is 140 Å². The Morgan fingerprint density at radius 2 is 2.00 bits per heavy atom. The van der Waals surface area contributed by atoms with Crippen LogP contribution in [0.15, 0.2) is 42.5 Å². The average molecular weight is 328 g/mol. The highest BCUT2D eigenvalue weighted by Gasteiger charge is 2.14. The van der Waals surface area contributed by atoms with Gasteiger partial charge in [0.25, 0.3) is 5.69 Å². The summed E-state index contributed by atoms with van der Waals surface area (Å²) in [6, 6.07) is 12.1. The molecule has 0 aliphatic heterocycles. The number of nitrogens with one attached hydrogen (secondary N) is 1. The van der Waals surface area contributed by atoms with Crippen LogP contribution in [-0.2, 0) is 11.2 Å². The number of hydrogen-bond acceptors (Lipinski definition) is 4. The van der Waals surface area contributed by atoms with Crippen molar-refractivity contribution in [3.05, 3.63) is 63.7 Å². The summed E-state index contributed by atoms with van der Waals surface area (Å²) in [5, 5.41) is 13.5. The Kier molecular flexibility index (Phi) is 5.89. The smallest absolute Gasteiger partial charge is 0.292 e. The number of carbonyl (C=O) groups is 1. The molecule has 1 N–H and O–H groups in total. The molecule has 2 aromatic rings. The summed E-state index contributed by atoms with van der Waals surface area (Å²) in [6.07, 6.45) is 1.73. The van der Waals surface area contributed by atoms with Crippen molar-refractivity contribution < 1.29 is 14.5 Å². The molecule has 6 heteroatoms. The number of ether oxygens (including phenoxy) is 1. The van der Waals surface area contributed by atoms with Gasteiger partial charge in [-0.3, -0.25) is 14.9 Å². The van der Waals surface area contributed by atoms with Gasteiger partial charge in [0.2, 0.25) is 5.91 Å². The normalized spacial score (nSPS) is 10.2. The van der Waals surface area contributed by atoms with E-state index in [1.165, 1.54) is 12.1 Å². The van der Waals surface area contributed by atoms with Gasteiger partial charge < -0.3 is 10.1 Å². The molecule has 0 fully saturated rings. The maximum absolute atomic E-state index is 12.0. The summed E-state index contributed by atoms with van der Waals surface area (Å²) < 4.78 is 5.22. The maximum atomic E-state index is 12.0. The number of para-hydroxylation sites is 2. The second kappa shape index (κ2) is 8.10. The zero-order valence-electron chi connectivity index (χ0n) is 13.7. The summed E-state index contributed by atoms with van der Waals surface area (Å²) >= 11 is 0. The molecule has 6 nitrogen and oxygen atoms in total. The van der Waals surface area contributed by atoms with Crippen molar-refractivity contribution >= 4 is 17.3 Å². The molecule has 2 rings (SSSR count). The molecule has 0 saturated carbocycles. The van der Waals surface area contributed by atoms with Crippen LogP contribution >= 0.6 is 0 Å². The predicted octanol–water partition coefficient (Wildman–Crippen LogP) is 3.87. The fourth-order valence-corrected chi connectivity index (χ4v) is 2.50. The molecule has 0 radical (unpaired) electrons. The third-order valence-corrected chi connectivity index (χ3v) is 3.70. The minimum atomic E-state index is -0.504. The maximum Gasteiger partial charge on any atom is 0.292 e. The number of anilines is 1. The first-order chi connectivity index (χ1) is 11.5. The molecule has 0 spiro atoms. The number of aryl methyl sites for hydroxylation is 2. The van der Waals surface area contributed by atoms with Crippen molar-refractivity contribution in [3.8, 4) is 5.75 Å². The standard InChI is InChI=1S/C18H20N2O4/c1-13-12-14(10-11-17(13)24-2)6-5-9-18(21)19-15-7-3-4-8-16(15)20(22)23/h3-4,7-8,10-12H,5-6,9H2,1-2H3,(H,19,21). The fraction of sp³-hybridized carbons (Fsp3) is 0.278. The van der Waals surface area contributed by atoms with Gasteiger partial charge in [0.1, 0.15) is 11.4 Å². The number of rotatable bonds is 7. The van der Waals surface area contributed by atoms with Gasteiger partial charge in [0.05, 0.1) is 12.0 Å². The predicted molar refractivity (Wildman–Crippen MR) is 92.4 cm³/mol. The average Bonchev–Trinajstić information content (AvgIpc) is 2.55. The van der Waals surface area contributed by atoms with Gasteiger partial charge in [0, 0.05) is 12.5 Å². The fourth-order valence-electron chi connectivity index (χ4n) is 2.50. The topological polar surface area (TPSA) is 81.5 Å². The van der Waals surface area contributed by atoms with E-state index in [-0.39, 0.29) is 17.3 Å². The largest absolute Gasteiger partial charge is 0.496 e. The van der Waals surface area contributed by atoms with Crippen LogP contribution in [0.25, 0.3) is 0 Å². The number of benzene rings is 2. The Morgan fingerprint density at radius 1 is 1.25 bits per heavy atom. The number of nitrogens with zero attached hydrogens (tertiary/aromatic N) is 1. The lowest BCUT2D eigenvalue weighted by Gasteiger charge is -2.08. The molecule has 2 aromatic carbocycles. The summed E-state index contributed by atoms with van der Waals surface area (Å²) in [6.45, 7) is 1.98. The van der Waals surface area contributed by atoms with Crippen molar-refractivity contribution in [2.75, 3.05) is 12.4 Å². The lowest BCUT2D eigenvalue weighted by molar-refractivity contribution is -0.383. The number of carbonyl (C=O) groups excluding carboxylic acids is 1. The first-order valence-electron chi connectivity index (χ1n) is 7.68. The van der Waals surface area contributed by atoms with E-state index in [9.17, 15) is 14.9 Å². The van der Waals surface area contributed by atoms with E-state index in [0.717, 1.165) is 23.3 Å². The van der Waals surface area contributed by atoms with Gasteiger partial charge in [-0.15, -0.1) is 0 Å². The Bertz CT molecular complexity index is 744. The Hall–Kier alpha value is -2.89. The summed E-state index contributed by atoms with van der Waals surface area (Å²) in [4.78, 5) is 22.4. The van der Waals surface area contributed by atoms with E-state index in [1.807, 2.05) is 25.1 Å². The highest BCUT2D eigenvalue weighted by molar-refractivity contribution is 5.92. The molecular weight excluding hydrogens is 308 g/mol. The highest BCUT2D eigenvalue weighted by atomic mass is 16.6. The van der Waals surface area contributed by atoms with E-state index < -0.39 is 4.92 Å². The molecule has 0 aliphatic carbocycles. The van der Waals surface area contributed by atoms with Gasteiger partial charge in [-0.1, -0.05) is 24.3 Å². The first-order valence-corrected chi connectivity index (χ1v) is 7.68. The van der Waals surface area contributed by atoms with E-state index in [2.05, 4.69) is 5.32 Å². The van der Waals surface area contributed by atoms with Crippen LogP contribution in [0.4, 0.5) is 11.4 Å². The van der Waals surface area contributed by atoms with Crippen molar-refractivity contribution in [3.63, 3.8) is 0 Å². The van der Waals surface area contributed by atoms with Gasteiger partial charge in [0.15, 0.2) is 0 Å². The van der Waals surface area contributed by atoms with Crippen molar-refractivity contribution in [1.29, 1.82) is 0 Å². The molecule has 0 aliphatic rings. The Balaban J connectivity index is 1.88. The van der Waals surface area contributed by atoms with E-state index >= 15 is 0 Å². The van der Waals surface area contributed by atoms with Crippen LogP contribution in [0.3, 0.4) is 0 Å². The van der Waals surface area contributed by atoms with E-state index in [1.54, 1.807) is 19.2 Å². The van der Waals surface area contributed by atoms with Gasteiger partial charge in [-0.25, -0.2) is 0 Å². The summed E-state index contributed by atoms with van der Waals surface area (Å²) in [7, 11) is 1.63.